The second-order valence-corrected chi connectivity index (χ2v) is 7.54. The number of carboxylic acid groups (broad SMARTS) is 1. The number of phenols is 1. The summed E-state index contributed by atoms with van der Waals surface area (Å²) in [5.74, 6) is -0.879. The molecular weight excluding hydrogens is 463 g/mol. The van der Waals surface area contributed by atoms with Crippen LogP contribution in [0.15, 0.2) is 30.6 Å². The van der Waals surface area contributed by atoms with Gasteiger partial charge in [-0.15, -0.1) is 37.2 Å². The molecule has 0 saturated carbocycles. The first-order valence-corrected chi connectivity index (χ1v) is 9.01. The molecule has 0 aliphatic rings. The standard InChI is InChI=1S/C21H26N4O3.3ClH/c1-23(2)11-15-18-16(10-14(20(15)26)13-6-8-22-9-7-13)25(5)17(12-24(3)4)19(18)21(27)28;;;/h6-10,26H,11-12H2,1-5H3,(H,27,28);3*1H. The fourth-order valence-corrected chi connectivity index (χ4v) is 3.65. The highest BCUT2D eigenvalue weighted by Gasteiger charge is 2.27. The van der Waals surface area contributed by atoms with Crippen LogP contribution in [0.5, 0.6) is 5.75 Å². The van der Waals surface area contributed by atoms with Gasteiger partial charge < -0.3 is 24.6 Å². The highest BCUT2D eigenvalue weighted by atomic mass is 35.5. The van der Waals surface area contributed by atoms with Crippen LogP contribution < -0.4 is 0 Å². The second-order valence-electron chi connectivity index (χ2n) is 7.54. The van der Waals surface area contributed by atoms with Gasteiger partial charge in [0.25, 0.3) is 0 Å². The van der Waals surface area contributed by atoms with Gasteiger partial charge in [-0.05, 0) is 52.0 Å². The fraction of sp³-hybridized carbons (Fsp3) is 0.333. The predicted molar refractivity (Wildman–Crippen MR) is 131 cm³/mol. The van der Waals surface area contributed by atoms with Crippen molar-refractivity contribution in [1.82, 2.24) is 19.4 Å². The van der Waals surface area contributed by atoms with Crippen molar-refractivity contribution >= 4 is 54.1 Å². The molecule has 2 heterocycles. The topological polar surface area (TPSA) is 81.8 Å². The van der Waals surface area contributed by atoms with Gasteiger partial charge in [0, 0.05) is 54.7 Å². The number of rotatable bonds is 6. The third-order valence-electron chi connectivity index (χ3n) is 4.83. The van der Waals surface area contributed by atoms with Crippen LogP contribution in [0, 0.1) is 0 Å². The van der Waals surface area contributed by atoms with Crippen LogP contribution in [0.2, 0.25) is 0 Å². The summed E-state index contributed by atoms with van der Waals surface area (Å²) < 4.78 is 1.92. The number of hydrogen-bond acceptors (Lipinski definition) is 5. The van der Waals surface area contributed by atoms with E-state index in [2.05, 4.69) is 4.98 Å². The van der Waals surface area contributed by atoms with Gasteiger partial charge in [0.1, 0.15) is 5.75 Å². The molecule has 2 aromatic heterocycles. The molecule has 0 radical (unpaired) electrons. The van der Waals surface area contributed by atoms with Crippen LogP contribution in [0.25, 0.3) is 22.0 Å². The molecule has 7 nitrogen and oxygen atoms in total. The number of benzene rings is 1. The van der Waals surface area contributed by atoms with Crippen LogP contribution >= 0.6 is 37.2 Å². The molecule has 0 saturated heterocycles. The van der Waals surface area contributed by atoms with Crippen LogP contribution in [0.1, 0.15) is 21.6 Å². The monoisotopic (exact) mass is 490 g/mol. The number of carbonyl (C=O) groups is 1. The molecule has 31 heavy (non-hydrogen) atoms. The van der Waals surface area contributed by atoms with Crippen molar-refractivity contribution in [3.05, 3.63) is 47.4 Å². The summed E-state index contributed by atoms with van der Waals surface area (Å²) in [6.07, 6.45) is 3.35. The Morgan fingerprint density at radius 2 is 1.58 bits per heavy atom. The van der Waals surface area contributed by atoms with E-state index in [9.17, 15) is 15.0 Å². The summed E-state index contributed by atoms with van der Waals surface area (Å²) in [6, 6.07) is 5.54. The lowest BCUT2D eigenvalue weighted by molar-refractivity contribution is 0.0696. The summed E-state index contributed by atoms with van der Waals surface area (Å²) in [5.41, 5.74) is 3.86. The minimum atomic E-state index is -0.987. The van der Waals surface area contributed by atoms with Crippen LogP contribution in [0.4, 0.5) is 0 Å². The molecule has 3 rings (SSSR count). The Morgan fingerprint density at radius 3 is 2.06 bits per heavy atom. The van der Waals surface area contributed by atoms with Gasteiger partial charge in [-0.1, -0.05) is 0 Å². The second kappa shape index (κ2) is 11.5. The zero-order valence-electron chi connectivity index (χ0n) is 18.1. The Bertz CT molecular complexity index is 1040. The summed E-state index contributed by atoms with van der Waals surface area (Å²) in [7, 11) is 9.48. The molecule has 0 unspecified atom stereocenters. The lowest BCUT2D eigenvalue weighted by atomic mass is 9.96. The molecule has 0 fully saturated rings. The number of aryl methyl sites for hydroxylation is 1. The number of nitrogens with zero attached hydrogens (tertiary/aromatic N) is 4. The van der Waals surface area contributed by atoms with E-state index < -0.39 is 5.97 Å². The van der Waals surface area contributed by atoms with E-state index in [4.69, 9.17) is 0 Å². The quantitative estimate of drug-likeness (QED) is 0.542. The van der Waals surface area contributed by atoms with Crippen molar-refractivity contribution in [1.29, 1.82) is 0 Å². The van der Waals surface area contributed by atoms with E-state index >= 15 is 0 Å². The van der Waals surface area contributed by atoms with Crippen molar-refractivity contribution in [3.8, 4) is 16.9 Å². The number of fused-ring (bicyclic) bond motifs is 1. The van der Waals surface area contributed by atoms with E-state index in [-0.39, 0.29) is 48.5 Å². The van der Waals surface area contributed by atoms with Gasteiger partial charge in [0.15, 0.2) is 0 Å². The number of aromatic hydroxyl groups is 1. The maximum Gasteiger partial charge on any atom is 0.338 e. The Kier molecular flexibility index (Phi) is 10.8. The number of phenolic OH excluding ortho intramolecular Hbond substituents is 1. The number of aromatic carboxylic acids is 1. The maximum atomic E-state index is 12.2. The number of hydrogen-bond donors (Lipinski definition) is 2. The molecule has 0 aliphatic carbocycles. The third-order valence-corrected chi connectivity index (χ3v) is 4.83. The van der Waals surface area contributed by atoms with Gasteiger partial charge in [0.05, 0.1) is 11.1 Å². The normalized spacial score (nSPS) is 10.5. The lowest BCUT2D eigenvalue weighted by Crippen LogP contribution is -2.16. The minimum Gasteiger partial charge on any atom is -0.507 e. The third kappa shape index (κ3) is 5.61. The van der Waals surface area contributed by atoms with E-state index in [0.29, 0.717) is 35.3 Å². The zero-order valence-corrected chi connectivity index (χ0v) is 20.6. The van der Waals surface area contributed by atoms with Crippen molar-refractivity contribution in [3.63, 3.8) is 0 Å². The first-order chi connectivity index (χ1) is 13.2. The van der Waals surface area contributed by atoms with Crippen LogP contribution in [-0.2, 0) is 20.1 Å². The number of aromatic nitrogens is 2. The minimum absolute atomic E-state index is 0. The fourth-order valence-electron chi connectivity index (χ4n) is 3.65. The molecule has 0 aliphatic heterocycles. The Labute approximate surface area is 200 Å². The first-order valence-electron chi connectivity index (χ1n) is 9.01. The molecule has 1 aromatic carbocycles. The van der Waals surface area contributed by atoms with E-state index in [1.165, 1.54) is 0 Å². The summed E-state index contributed by atoms with van der Waals surface area (Å²) in [6.45, 7) is 0.909. The van der Waals surface area contributed by atoms with Gasteiger partial charge >= 0.3 is 5.97 Å². The molecule has 0 spiro atoms. The number of carboxylic acids is 1. The molecule has 3 aromatic rings. The molecule has 0 atom stereocenters. The van der Waals surface area contributed by atoms with E-state index in [0.717, 1.165) is 11.1 Å². The number of halogens is 3. The lowest BCUT2D eigenvalue weighted by Gasteiger charge is -2.16. The summed E-state index contributed by atoms with van der Waals surface area (Å²) in [4.78, 5) is 20.1. The van der Waals surface area contributed by atoms with Gasteiger partial charge in [-0.3, -0.25) is 4.98 Å². The van der Waals surface area contributed by atoms with Gasteiger partial charge in [-0.25, -0.2) is 4.79 Å². The Morgan fingerprint density at radius 1 is 1.03 bits per heavy atom. The average Bonchev–Trinajstić information content (AvgIpc) is 2.89. The van der Waals surface area contributed by atoms with Crippen molar-refractivity contribution in [2.24, 2.45) is 7.05 Å². The zero-order chi connectivity index (χ0) is 20.6. The summed E-state index contributed by atoms with van der Waals surface area (Å²) >= 11 is 0. The highest BCUT2D eigenvalue weighted by molar-refractivity contribution is 6.08. The average molecular weight is 492 g/mol. The Balaban J connectivity index is 0.00000300. The predicted octanol–water partition coefficient (Wildman–Crippen LogP) is 4.03. The van der Waals surface area contributed by atoms with E-state index in [1.807, 2.05) is 67.8 Å². The van der Waals surface area contributed by atoms with Gasteiger partial charge in [-0.2, -0.15) is 0 Å². The molecule has 2 N–H and O–H groups in total. The SMILES string of the molecule is CN(C)Cc1c(O)c(-c2ccncc2)cc2c1c(C(=O)O)c(CN(C)C)n2C.Cl.Cl.Cl. The van der Waals surface area contributed by atoms with E-state index in [1.54, 1.807) is 12.4 Å². The summed E-state index contributed by atoms with van der Waals surface area (Å²) in [5, 5.41) is 21.7. The number of pyridine rings is 1. The largest absolute Gasteiger partial charge is 0.507 e. The first kappa shape index (κ1) is 29.0. The molecule has 172 valence electrons. The van der Waals surface area contributed by atoms with Crippen molar-refractivity contribution in [2.75, 3.05) is 28.2 Å². The highest BCUT2D eigenvalue weighted by Crippen LogP contribution is 2.41. The Hall–Kier alpha value is -2.03. The maximum absolute atomic E-state index is 12.2. The molecule has 10 heteroatoms. The smallest absolute Gasteiger partial charge is 0.338 e. The molecular formula is C21H29Cl3N4O3. The van der Waals surface area contributed by atoms with Gasteiger partial charge in [0.2, 0.25) is 0 Å². The van der Waals surface area contributed by atoms with Crippen molar-refractivity contribution < 1.29 is 15.0 Å². The molecule has 0 amide bonds. The molecule has 0 bridgehead atoms. The van der Waals surface area contributed by atoms with Crippen LogP contribution in [-0.4, -0.2) is 63.7 Å². The van der Waals surface area contributed by atoms with Crippen molar-refractivity contribution in [2.45, 2.75) is 13.1 Å². The van der Waals surface area contributed by atoms with Crippen LogP contribution in [0.3, 0.4) is 0 Å².